The number of ketones is 1. The molecule has 0 saturated carbocycles. The van der Waals surface area contributed by atoms with Crippen molar-refractivity contribution in [2.24, 2.45) is 0 Å². The minimum absolute atomic E-state index is 0.0639. The number of methoxy groups -OCH3 is 1. The number of benzene rings is 2. The van der Waals surface area contributed by atoms with E-state index in [-0.39, 0.29) is 17.8 Å². The first-order chi connectivity index (χ1) is 10.7. The predicted molar refractivity (Wildman–Crippen MR) is 86.1 cm³/mol. The monoisotopic (exact) mass is 316 g/mol. The van der Waals surface area contributed by atoms with Crippen molar-refractivity contribution in [1.29, 1.82) is 0 Å². The topological polar surface area (TPSA) is 44.8 Å². The first-order valence-electron chi connectivity index (χ1n) is 6.83. The quantitative estimate of drug-likeness (QED) is 0.787. The van der Waals surface area contributed by atoms with Crippen molar-refractivity contribution in [3.63, 3.8) is 0 Å². The highest BCUT2D eigenvalue weighted by Crippen LogP contribution is 2.38. The molecule has 1 aliphatic heterocycles. The summed E-state index contributed by atoms with van der Waals surface area (Å²) in [5.41, 5.74) is 1.58. The number of Topliss-reactive ketones (excluding diaryl/α,β-unsaturated/α-hetero) is 1. The molecule has 0 bridgehead atoms. The van der Waals surface area contributed by atoms with Gasteiger partial charge in [-0.2, -0.15) is 0 Å². The number of rotatable bonds is 5. The molecular formula is C17H16O4S. The molecule has 0 radical (unpaired) electrons. The Hall–Kier alpha value is -2.14. The Kier molecular flexibility index (Phi) is 4.24. The maximum absolute atomic E-state index is 12.7. The van der Waals surface area contributed by atoms with Crippen LogP contribution < -0.4 is 14.2 Å². The molecule has 3 rings (SSSR count). The lowest BCUT2D eigenvalue weighted by molar-refractivity contribution is 0.0989. The van der Waals surface area contributed by atoms with Gasteiger partial charge in [0.25, 0.3) is 0 Å². The Morgan fingerprint density at radius 3 is 2.55 bits per heavy atom. The van der Waals surface area contributed by atoms with Crippen LogP contribution in [0.3, 0.4) is 0 Å². The molecule has 5 heteroatoms. The van der Waals surface area contributed by atoms with Gasteiger partial charge >= 0.3 is 0 Å². The van der Waals surface area contributed by atoms with Gasteiger partial charge in [0.2, 0.25) is 6.79 Å². The van der Waals surface area contributed by atoms with Gasteiger partial charge in [-0.05, 0) is 48.2 Å². The molecule has 0 fully saturated rings. The van der Waals surface area contributed by atoms with Gasteiger partial charge in [-0.25, -0.2) is 0 Å². The van der Waals surface area contributed by atoms with Crippen LogP contribution in [-0.4, -0.2) is 25.9 Å². The van der Waals surface area contributed by atoms with Gasteiger partial charge in [-0.1, -0.05) is 6.07 Å². The molecule has 4 nitrogen and oxygen atoms in total. The molecule has 114 valence electrons. The fourth-order valence-electron chi connectivity index (χ4n) is 2.38. The Balaban J connectivity index is 1.87. The maximum Gasteiger partial charge on any atom is 0.231 e. The van der Waals surface area contributed by atoms with Crippen molar-refractivity contribution in [3.05, 3.63) is 53.6 Å². The van der Waals surface area contributed by atoms with E-state index in [1.54, 1.807) is 31.4 Å². The molecule has 22 heavy (non-hydrogen) atoms. The zero-order valence-electron chi connectivity index (χ0n) is 12.4. The predicted octanol–water partition coefficient (Wildman–Crippen LogP) is 3.71. The minimum atomic E-state index is -0.275. The summed E-state index contributed by atoms with van der Waals surface area (Å²) in [4.78, 5) is 12.7. The summed E-state index contributed by atoms with van der Waals surface area (Å²) >= 11 is 1.50. The summed E-state index contributed by atoms with van der Waals surface area (Å²) in [6.45, 7) is 0.231. The highest BCUT2D eigenvalue weighted by molar-refractivity contribution is 7.99. The van der Waals surface area contributed by atoms with Crippen molar-refractivity contribution in [2.45, 2.75) is 5.25 Å². The SMILES string of the molecule is COc1ccc(C(=O)C(SC)c2ccc3c(c2)OCO3)cc1. The fraction of sp³-hybridized carbons (Fsp3) is 0.235. The van der Waals surface area contributed by atoms with Gasteiger partial charge in [0.1, 0.15) is 5.75 Å². The van der Waals surface area contributed by atoms with Crippen LogP contribution in [0.15, 0.2) is 42.5 Å². The second-order valence-corrected chi connectivity index (χ2v) is 5.76. The van der Waals surface area contributed by atoms with Crippen molar-refractivity contribution in [1.82, 2.24) is 0 Å². The first kappa shape index (κ1) is 14.8. The van der Waals surface area contributed by atoms with E-state index in [2.05, 4.69) is 0 Å². The van der Waals surface area contributed by atoms with Crippen LogP contribution in [0, 0.1) is 0 Å². The molecule has 2 aromatic rings. The highest BCUT2D eigenvalue weighted by atomic mass is 32.2. The Morgan fingerprint density at radius 2 is 1.86 bits per heavy atom. The number of thioether (sulfide) groups is 1. The summed E-state index contributed by atoms with van der Waals surface area (Å²) in [7, 11) is 1.61. The summed E-state index contributed by atoms with van der Waals surface area (Å²) in [6.07, 6.45) is 1.93. The molecule has 0 aliphatic carbocycles. The van der Waals surface area contributed by atoms with E-state index >= 15 is 0 Å². The van der Waals surface area contributed by atoms with Gasteiger partial charge in [0.05, 0.1) is 12.4 Å². The molecule has 1 atom stereocenters. The van der Waals surface area contributed by atoms with E-state index in [0.29, 0.717) is 11.3 Å². The maximum atomic E-state index is 12.7. The van der Waals surface area contributed by atoms with Crippen molar-refractivity contribution in [3.8, 4) is 17.2 Å². The van der Waals surface area contributed by atoms with Crippen LogP contribution in [0.1, 0.15) is 21.2 Å². The Morgan fingerprint density at radius 1 is 1.14 bits per heavy atom. The van der Waals surface area contributed by atoms with Crippen LogP contribution in [0.2, 0.25) is 0 Å². The summed E-state index contributed by atoms with van der Waals surface area (Å²) < 4.78 is 15.8. The van der Waals surface area contributed by atoms with E-state index in [1.807, 2.05) is 24.5 Å². The van der Waals surface area contributed by atoms with Crippen molar-refractivity contribution >= 4 is 17.5 Å². The standard InChI is InChI=1S/C17H16O4S/c1-19-13-6-3-11(4-7-13)16(18)17(22-2)12-5-8-14-15(9-12)21-10-20-14/h3-9,17H,10H2,1-2H3. The lowest BCUT2D eigenvalue weighted by Gasteiger charge is -2.14. The minimum Gasteiger partial charge on any atom is -0.497 e. The molecule has 1 aliphatic rings. The largest absolute Gasteiger partial charge is 0.497 e. The number of carbonyl (C=O) groups is 1. The molecular weight excluding hydrogens is 300 g/mol. The lowest BCUT2D eigenvalue weighted by Crippen LogP contribution is -2.09. The molecule has 0 aromatic heterocycles. The molecule has 0 amide bonds. The molecule has 2 aromatic carbocycles. The Bertz CT molecular complexity index is 682. The second kappa shape index (κ2) is 6.32. The smallest absolute Gasteiger partial charge is 0.231 e. The van der Waals surface area contributed by atoms with E-state index in [4.69, 9.17) is 14.2 Å². The average Bonchev–Trinajstić information content (AvgIpc) is 3.03. The third-order valence-electron chi connectivity index (χ3n) is 3.55. The summed E-state index contributed by atoms with van der Waals surface area (Å²) in [6, 6.07) is 12.8. The fourth-order valence-corrected chi connectivity index (χ4v) is 3.15. The highest BCUT2D eigenvalue weighted by Gasteiger charge is 2.24. The number of fused-ring (bicyclic) bond motifs is 1. The number of carbonyl (C=O) groups excluding carboxylic acids is 1. The van der Waals surface area contributed by atoms with Crippen LogP contribution >= 0.6 is 11.8 Å². The Labute approximate surface area is 133 Å². The van der Waals surface area contributed by atoms with E-state index in [9.17, 15) is 4.79 Å². The lowest BCUT2D eigenvalue weighted by atomic mass is 10.0. The van der Waals surface area contributed by atoms with E-state index in [0.717, 1.165) is 17.1 Å². The third-order valence-corrected chi connectivity index (χ3v) is 4.51. The zero-order chi connectivity index (χ0) is 15.5. The van der Waals surface area contributed by atoms with Crippen molar-refractivity contribution < 1.29 is 19.0 Å². The van der Waals surface area contributed by atoms with Gasteiger partial charge in [0, 0.05) is 5.56 Å². The number of hydrogen-bond donors (Lipinski definition) is 0. The normalized spacial score (nSPS) is 13.7. The molecule has 0 saturated heterocycles. The van der Waals surface area contributed by atoms with Crippen LogP contribution in [0.25, 0.3) is 0 Å². The molecule has 1 heterocycles. The average molecular weight is 316 g/mol. The van der Waals surface area contributed by atoms with E-state index < -0.39 is 0 Å². The molecule has 1 unspecified atom stereocenters. The van der Waals surface area contributed by atoms with Gasteiger partial charge < -0.3 is 14.2 Å². The van der Waals surface area contributed by atoms with E-state index in [1.165, 1.54) is 11.8 Å². The molecule has 0 spiro atoms. The second-order valence-electron chi connectivity index (χ2n) is 4.82. The summed E-state index contributed by atoms with van der Waals surface area (Å²) in [5.74, 6) is 2.22. The van der Waals surface area contributed by atoms with Crippen LogP contribution in [0.5, 0.6) is 17.2 Å². The summed E-state index contributed by atoms with van der Waals surface area (Å²) in [5, 5.41) is -0.275. The van der Waals surface area contributed by atoms with Crippen LogP contribution in [0.4, 0.5) is 0 Å². The molecule has 0 N–H and O–H groups in total. The van der Waals surface area contributed by atoms with Gasteiger partial charge in [-0.3, -0.25) is 4.79 Å². The number of ether oxygens (including phenoxy) is 3. The first-order valence-corrected chi connectivity index (χ1v) is 8.12. The zero-order valence-corrected chi connectivity index (χ0v) is 13.2. The van der Waals surface area contributed by atoms with Gasteiger partial charge in [0.15, 0.2) is 17.3 Å². The van der Waals surface area contributed by atoms with Crippen molar-refractivity contribution in [2.75, 3.05) is 20.2 Å². The number of hydrogen-bond acceptors (Lipinski definition) is 5. The van der Waals surface area contributed by atoms with Gasteiger partial charge in [-0.15, -0.1) is 11.8 Å². The third kappa shape index (κ3) is 2.76. The van der Waals surface area contributed by atoms with Crippen LogP contribution in [-0.2, 0) is 0 Å².